The standard InChI is InChI=1S/C21H23N5O3/c1-5-17(27)25-16-9-13(7-8-14(16)11-26(3)4)19-18-15(21(28)29-6-2)10-22-20(18)24-12-23-19/h5,7-10,12H,1,6,11H2,2-4H3,(H,25,27)(H,22,23,24). The van der Waals surface area contributed by atoms with Crippen molar-refractivity contribution in [3.05, 3.63) is 54.5 Å². The number of esters is 1. The average Bonchev–Trinajstić information content (AvgIpc) is 3.13. The van der Waals surface area contributed by atoms with Gasteiger partial charge in [0.2, 0.25) is 5.91 Å². The number of amides is 1. The molecule has 3 aromatic rings. The SMILES string of the molecule is C=CC(=O)Nc1cc(-c2ncnc3[nH]cc(C(=O)OCC)c23)ccc1CN(C)C. The normalized spacial score (nSPS) is 10.9. The number of benzene rings is 1. The van der Waals surface area contributed by atoms with Gasteiger partial charge >= 0.3 is 5.97 Å². The molecule has 2 N–H and O–H groups in total. The van der Waals surface area contributed by atoms with Crippen molar-refractivity contribution in [2.75, 3.05) is 26.0 Å². The molecule has 0 spiro atoms. The number of rotatable bonds is 7. The molecule has 0 aliphatic carbocycles. The van der Waals surface area contributed by atoms with Gasteiger partial charge in [-0.15, -0.1) is 0 Å². The van der Waals surface area contributed by atoms with Crippen LogP contribution in [-0.2, 0) is 16.1 Å². The number of hydrogen-bond donors (Lipinski definition) is 2. The van der Waals surface area contributed by atoms with Gasteiger partial charge in [0, 0.05) is 24.0 Å². The van der Waals surface area contributed by atoms with Crippen molar-refractivity contribution in [1.29, 1.82) is 0 Å². The van der Waals surface area contributed by atoms with E-state index in [9.17, 15) is 9.59 Å². The molecule has 0 aliphatic rings. The second-order valence-corrected chi connectivity index (χ2v) is 6.67. The Morgan fingerprint density at radius 2 is 2.10 bits per heavy atom. The van der Waals surface area contributed by atoms with Crippen LogP contribution in [-0.4, -0.2) is 52.4 Å². The summed E-state index contributed by atoms with van der Waals surface area (Å²) in [6, 6.07) is 5.68. The van der Waals surface area contributed by atoms with Gasteiger partial charge in [-0.05, 0) is 38.7 Å². The molecule has 29 heavy (non-hydrogen) atoms. The lowest BCUT2D eigenvalue weighted by Crippen LogP contribution is -2.15. The molecule has 0 bridgehead atoms. The van der Waals surface area contributed by atoms with E-state index in [0.717, 1.165) is 11.1 Å². The van der Waals surface area contributed by atoms with Gasteiger partial charge in [0.25, 0.3) is 0 Å². The van der Waals surface area contributed by atoms with Gasteiger partial charge in [-0.1, -0.05) is 18.7 Å². The Morgan fingerprint density at radius 1 is 1.31 bits per heavy atom. The lowest BCUT2D eigenvalue weighted by molar-refractivity contribution is -0.111. The summed E-state index contributed by atoms with van der Waals surface area (Å²) in [5, 5.41) is 3.43. The molecule has 0 aliphatic heterocycles. The highest BCUT2D eigenvalue weighted by atomic mass is 16.5. The first-order valence-electron chi connectivity index (χ1n) is 9.15. The fourth-order valence-corrected chi connectivity index (χ4v) is 3.05. The third-order valence-electron chi connectivity index (χ3n) is 4.28. The minimum absolute atomic E-state index is 0.269. The molecule has 0 atom stereocenters. The second kappa shape index (κ2) is 8.66. The maximum absolute atomic E-state index is 12.4. The molecular formula is C21H23N5O3. The maximum atomic E-state index is 12.4. The fraction of sp³-hybridized carbons (Fsp3) is 0.238. The lowest BCUT2D eigenvalue weighted by atomic mass is 10.0. The second-order valence-electron chi connectivity index (χ2n) is 6.67. The zero-order chi connectivity index (χ0) is 21.0. The first-order chi connectivity index (χ1) is 13.9. The molecule has 2 aromatic heterocycles. The lowest BCUT2D eigenvalue weighted by Gasteiger charge is -2.16. The van der Waals surface area contributed by atoms with E-state index in [1.807, 2.05) is 37.2 Å². The molecule has 0 fully saturated rings. The highest BCUT2D eigenvalue weighted by Crippen LogP contribution is 2.31. The summed E-state index contributed by atoms with van der Waals surface area (Å²) in [5.41, 5.74) is 3.81. The molecular weight excluding hydrogens is 370 g/mol. The van der Waals surface area contributed by atoms with Crippen molar-refractivity contribution in [1.82, 2.24) is 19.9 Å². The molecule has 3 rings (SSSR count). The summed E-state index contributed by atoms with van der Waals surface area (Å²) < 4.78 is 5.15. The molecule has 1 amide bonds. The Kier molecular flexibility index (Phi) is 6.04. The van der Waals surface area contributed by atoms with E-state index in [0.29, 0.717) is 34.5 Å². The summed E-state index contributed by atoms with van der Waals surface area (Å²) in [7, 11) is 3.90. The predicted molar refractivity (Wildman–Crippen MR) is 111 cm³/mol. The van der Waals surface area contributed by atoms with E-state index < -0.39 is 5.97 Å². The highest BCUT2D eigenvalue weighted by molar-refractivity contribution is 6.08. The van der Waals surface area contributed by atoms with Gasteiger partial charge in [0.1, 0.15) is 12.0 Å². The van der Waals surface area contributed by atoms with E-state index in [-0.39, 0.29) is 12.5 Å². The number of fused-ring (bicyclic) bond motifs is 1. The van der Waals surface area contributed by atoms with Gasteiger partial charge in [-0.25, -0.2) is 14.8 Å². The minimum atomic E-state index is -0.445. The largest absolute Gasteiger partial charge is 0.462 e. The van der Waals surface area contributed by atoms with Gasteiger partial charge < -0.3 is 19.9 Å². The van der Waals surface area contributed by atoms with Crippen LogP contribution in [0.25, 0.3) is 22.3 Å². The zero-order valence-corrected chi connectivity index (χ0v) is 16.7. The number of aromatic nitrogens is 3. The third kappa shape index (κ3) is 4.33. The summed E-state index contributed by atoms with van der Waals surface area (Å²) in [5.74, 6) is -0.747. The molecule has 8 heteroatoms. The number of aromatic amines is 1. The van der Waals surface area contributed by atoms with Crippen molar-refractivity contribution in [3.8, 4) is 11.3 Å². The van der Waals surface area contributed by atoms with E-state index in [1.165, 1.54) is 12.4 Å². The fourth-order valence-electron chi connectivity index (χ4n) is 3.05. The molecule has 8 nitrogen and oxygen atoms in total. The minimum Gasteiger partial charge on any atom is -0.462 e. The Bertz CT molecular complexity index is 1070. The average molecular weight is 393 g/mol. The van der Waals surface area contributed by atoms with Gasteiger partial charge in [0.05, 0.1) is 23.3 Å². The quantitative estimate of drug-likeness (QED) is 0.473. The zero-order valence-electron chi connectivity index (χ0n) is 16.7. The Hall–Kier alpha value is -3.52. The molecule has 2 heterocycles. The van der Waals surface area contributed by atoms with E-state index >= 15 is 0 Å². The molecule has 0 unspecified atom stereocenters. The van der Waals surface area contributed by atoms with E-state index in [4.69, 9.17) is 4.74 Å². The van der Waals surface area contributed by atoms with Crippen LogP contribution >= 0.6 is 0 Å². The van der Waals surface area contributed by atoms with Crippen molar-refractivity contribution < 1.29 is 14.3 Å². The van der Waals surface area contributed by atoms with Gasteiger partial charge in [-0.2, -0.15) is 0 Å². The number of ether oxygens (including phenoxy) is 1. The molecule has 150 valence electrons. The number of anilines is 1. The molecule has 0 radical (unpaired) electrons. The number of H-pyrrole nitrogens is 1. The van der Waals surface area contributed by atoms with Crippen molar-refractivity contribution in [2.45, 2.75) is 13.5 Å². The Morgan fingerprint density at radius 3 is 2.79 bits per heavy atom. The van der Waals surface area contributed by atoms with Crippen molar-refractivity contribution in [3.63, 3.8) is 0 Å². The smallest absolute Gasteiger partial charge is 0.340 e. The topological polar surface area (TPSA) is 100 Å². The molecule has 0 saturated carbocycles. The number of nitrogens with one attached hydrogen (secondary N) is 2. The predicted octanol–water partition coefficient (Wildman–Crippen LogP) is 2.99. The Balaban J connectivity index is 2.15. The Labute approximate surface area is 168 Å². The van der Waals surface area contributed by atoms with Crippen LogP contribution in [0, 0.1) is 0 Å². The van der Waals surface area contributed by atoms with Crippen LogP contribution in [0.2, 0.25) is 0 Å². The van der Waals surface area contributed by atoms with Crippen LogP contribution in [0.4, 0.5) is 5.69 Å². The first kappa shape index (κ1) is 20.2. The van der Waals surface area contributed by atoms with Crippen molar-refractivity contribution in [2.24, 2.45) is 0 Å². The summed E-state index contributed by atoms with van der Waals surface area (Å²) >= 11 is 0. The maximum Gasteiger partial charge on any atom is 0.340 e. The number of nitrogens with zero attached hydrogens (tertiary/aromatic N) is 3. The molecule has 1 aromatic carbocycles. The number of hydrogen-bond acceptors (Lipinski definition) is 6. The summed E-state index contributed by atoms with van der Waals surface area (Å²) in [6.45, 7) is 6.18. The van der Waals surface area contributed by atoms with Gasteiger partial charge in [0.15, 0.2) is 0 Å². The number of carbonyl (C=O) groups is 2. The van der Waals surface area contributed by atoms with Crippen LogP contribution in [0.1, 0.15) is 22.8 Å². The summed E-state index contributed by atoms with van der Waals surface area (Å²) in [6.07, 6.45) is 4.22. The summed E-state index contributed by atoms with van der Waals surface area (Å²) in [4.78, 5) is 37.9. The van der Waals surface area contributed by atoms with Crippen LogP contribution < -0.4 is 5.32 Å². The number of carbonyl (C=O) groups excluding carboxylic acids is 2. The van der Waals surface area contributed by atoms with Crippen LogP contribution in [0.3, 0.4) is 0 Å². The first-order valence-corrected chi connectivity index (χ1v) is 9.15. The van der Waals surface area contributed by atoms with Gasteiger partial charge in [-0.3, -0.25) is 4.79 Å². The third-order valence-corrected chi connectivity index (χ3v) is 4.28. The monoisotopic (exact) mass is 393 g/mol. The highest BCUT2D eigenvalue weighted by Gasteiger charge is 2.19. The van der Waals surface area contributed by atoms with Crippen LogP contribution in [0.5, 0.6) is 0 Å². The van der Waals surface area contributed by atoms with E-state index in [2.05, 4.69) is 26.8 Å². The molecule has 0 saturated heterocycles. The van der Waals surface area contributed by atoms with E-state index in [1.54, 1.807) is 13.1 Å². The van der Waals surface area contributed by atoms with Crippen LogP contribution in [0.15, 0.2) is 43.4 Å². The van der Waals surface area contributed by atoms with Crippen molar-refractivity contribution >= 4 is 28.6 Å².